The van der Waals surface area contributed by atoms with E-state index < -0.39 is 28.4 Å². The highest BCUT2D eigenvalue weighted by atomic mass is 35.5. The van der Waals surface area contributed by atoms with Gasteiger partial charge in [0, 0.05) is 47.2 Å². The summed E-state index contributed by atoms with van der Waals surface area (Å²) in [6.45, 7) is -2.85. The molecular formula is C25H27ClN6O6S. The zero-order valence-corrected chi connectivity index (χ0v) is 22.8. The molecule has 1 aliphatic carbocycles. The maximum Gasteiger partial charge on any atom is 0.273 e. The maximum atomic E-state index is 13.4. The van der Waals surface area contributed by atoms with Crippen molar-refractivity contribution in [3.63, 3.8) is 0 Å². The first kappa shape index (κ1) is 24.1. The zero-order valence-electron chi connectivity index (χ0n) is 24.2. The van der Waals surface area contributed by atoms with Crippen molar-refractivity contribution < 1.29 is 31.6 Å². The first-order valence-corrected chi connectivity index (χ1v) is 13.8. The van der Waals surface area contributed by atoms with Gasteiger partial charge in [-0.2, -0.15) is 0 Å². The standard InChI is InChI=1S/C25H27ClN6O6S/c1-27-24(33)22-18(29-23-20(39(4,35)36)9-16(26)12-28-23)11-21(30-31-22)32(25(34)14-5-6-14)13-15-7-8-17(37-2)10-19(15)38-3/h7-12,14H,5-6,13H2,1-4H3,(H,27,33)(H,28,29,30)/i1D3. The minimum absolute atomic E-state index is 0.00518. The van der Waals surface area contributed by atoms with Crippen LogP contribution in [0.5, 0.6) is 11.5 Å². The Kier molecular flexibility index (Phi) is 7.05. The number of methoxy groups -OCH3 is 2. The van der Waals surface area contributed by atoms with Crippen LogP contribution >= 0.6 is 11.6 Å². The van der Waals surface area contributed by atoms with Crippen molar-refractivity contribution >= 4 is 50.6 Å². The Morgan fingerprint density at radius 1 is 1.18 bits per heavy atom. The highest BCUT2D eigenvalue weighted by Crippen LogP contribution is 2.36. The first-order chi connectivity index (χ1) is 19.7. The van der Waals surface area contributed by atoms with Crippen LogP contribution in [0.1, 0.15) is 33.0 Å². The van der Waals surface area contributed by atoms with Gasteiger partial charge in [0.25, 0.3) is 5.91 Å². The number of amides is 2. The lowest BCUT2D eigenvalue weighted by Gasteiger charge is -2.24. The monoisotopic (exact) mass is 577 g/mol. The Labute approximate surface area is 234 Å². The summed E-state index contributed by atoms with van der Waals surface area (Å²) in [7, 11) is -0.873. The molecule has 14 heteroatoms. The Hall–Kier alpha value is -3.97. The van der Waals surface area contributed by atoms with E-state index in [1.54, 1.807) is 18.2 Å². The number of nitrogens with zero attached hydrogens (tertiary/aromatic N) is 4. The maximum absolute atomic E-state index is 13.4. The number of carbonyl (C=O) groups is 2. The zero-order chi connectivity index (χ0) is 30.8. The summed E-state index contributed by atoms with van der Waals surface area (Å²) in [4.78, 5) is 31.5. The summed E-state index contributed by atoms with van der Waals surface area (Å²) >= 11 is 5.97. The summed E-state index contributed by atoms with van der Waals surface area (Å²) in [6, 6.07) is 7.56. The van der Waals surface area contributed by atoms with E-state index in [-0.39, 0.29) is 45.6 Å². The number of sulfone groups is 1. The number of benzene rings is 1. The van der Waals surface area contributed by atoms with Crippen LogP contribution in [0.3, 0.4) is 0 Å². The molecule has 0 saturated heterocycles. The first-order valence-electron chi connectivity index (χ1n) is 13.1. The van der Waals surface area contributed by atoms with E-state index in [1.807, 2.05) is 5.32 Å². The van der Waals surface area contributed by atoms with Gasteiger partial charge in [-0.15, -0.1) is 10.2 Å². The second-order valence-corrected chi connectivity index (χ2v) is 11.1. The van der Waals surface area contributed by atoms with Gasteiger partial charge in [0.05, 0.1) is 31.5 Å². The largest absolute Gasteiger partial charge is 0.497 e. The second kappa shape index (κ2) is 11.4. The average Bonchev–Trinajstić information content (AvgIpc) is 3.76. The van der Waals surface area contributed by atoms with Crippen molar-refractivity contribution in [3.8, 4) is 11.5 Å². The molecule has 4 rings (SSSR count). The van der Waals surface area contributed by atoms with Crippen LogP contribution in [-0.4, -0.2) is 62.9 Å². The van der Waals surface area contributed by atoms with E-state index in [1.165, 1.54) is 37.4 Å². The number of anilines is 3. The van der Waals surface area contributed by atoms with Crippen LogP contribution in [0.2, 0.25) is 5.02 Å². The van der Waals surface area contributed by atoms with Crippen LogP contribution in [-0.2, 0) is 21.2 Å². The molecule has 0 spiro atoms. The Morgan fingerprint density at radius 3 is 2.59 bits per heavy atom. The minimum atomic E-state index is -3.86. The topological polar surface area (TPSA) is 153 Å². The van der Waals surface area contributed by atoms with E-state index in [0.29, 0.717) is 29.9 Å². The summed E-state index contributed by atoms with van der Waals surface area (Å²) in [6.07, 6.45) is 3.50. The molecule has 39 heavy (non-hydrogen) atoms. The highest BCUT2D eigenvalue weighted by molar-refractivity contribution is 7.90. The predicted octanol–water partition coefficient (Wildman–Crippen LogP) is 2.99. The molecule has 3 aromatic rings. The van der Waals surface area contributed by atoms with Crippen molar-refractivity contribution in [2.75, 3.05) is 37.7 Å². The fourth-order valence-electron chi connectivity index (χ4n) is 3.74. The number of halogens is 1. The van der Waals surface area contributed by atoms with E-state index in [9.17, 15) is 18.0 Å². The SMILES string of the molecule is [2H]C([2H])([2H])NC(=O)c1nnc(N(Cc2ccc(OC)cc2OC)C(=O)C2CC2)cc1Nc1ncc(Cl)cc1S(C)(=O)=O. The van der Waals surface area contributed by atoms with Crippen LogP contribution in [0.15, 0.2) is 41.4 Å². The normalized spacial score (nSPS) is 14.4. The molecule has 0 bridgehead atoms. The van der Waals surface area contributed by atoms with Gasteiger partial charge >= 0.3 is 0 Å². The summed E-state index contributed by atoms with van der Waals surface area (Å²) in [5, 5.41) is 12.6. The molecule has 0 unspecified atom stereocenters. The number of pyridine rings is 1. The van der Waals surface area contributed by atoms with Gasteiger partial charge in [-0.05, 0) is 31.0 Å². The Bertz CT molecular complexity index is 1640. The molecule has 2 aromatic heterocycles. The summed E-state index contributed by atoms with van der Waals surface area (Å²) < 4.78 is 57.9. The van der Waals surface area contributed by atoms with E-state index >= 15 is 0 Å². The van der Waals surface area contributed by atoms with Crippen LogP contribution in [0, 0.1) is 5.92 Å². The lowest BCUT2D eigenvalue weighted by Crippen LogP contribution is -2.33. The average molecular weight is 578 g/mol. The van der Waals surface area contributed by atoms with E-state index in [2.05, 4.69) is 20.5 Å². The number of hydrogen-bond acceptors (Lipinski definition) is 10. The highest BCUT2D eigenvalue weighted by Gasteiger charge is 2.35. The molecule has 2 amide bonds. The van der Waals surface area contributed by atoms with Gasteiger partial charge in [0.1, 0.15) is 22.2 Å². The second-order valence-electron chi connectivity index (χ2n) is 8.69. The van der Waals surface area contributed by atoms with E-state index in [0.717, 1.165) is 6.26 Å². The fraction of sp³-hybridized carbons (Fsp3) is 0.320. The molecule has 0 atom stereocenters. The molecule has 2 N–H and O–H groups in total. The minimum Gasteiger partial charge on any atom is -0.497 e. The molecule has 2 heterocycles. The molecule has 1 fully saturated rings. The molecule has 0 aliphatic heterocycles. The van der Waals surface area contributed by atoms with Crippen molar-refractivity contribution in [1.29, 1.82) is 0 Å². The molecule has 1 saturated carbocycles. The van der Waals surface area contributed by atoms with Gasteiger partial charge < -0.3 is 20.1 Å². The number of aromatic nitrogens is 3. The lowest BCUT2D eigenvalue weighted by molar-refractivity contribution is -0.119. The number of ether oxygens (including phenoxy) is 2. The Balaban J connectivity index is 1.83. The van der Waals surface area contributed by atoms with Crippen LogP contribution in [0.4, 0.5) is 17.3 Å². The van der Waals surface area contributed by atoms with Crippen molar-refractivity contribution in [2.24, 2.45) is 5.92 Å². The van der Waals surface area contributed by atoms with Crippen LogP contribution < -0.4 is 25.0 Å². The molecular weight excluding hydrogens is 548 g/mol. The van der Waals surface area contributed by atoms with Gasteiger partial charge in [-0.3, -0.25) is 14.5 Å². The predicted molar refractivity (Wildman–Crippen MR) is 145 cm³/mol. The molecule has 1 aromatic carbocycles. The van der Waals surface area contributed by atoms with Crippen molar-refractivity contribution in [2.45, 2.75) is 24.3 Å². The number of nitrogens with one attached hydrogen (secondary N) is 2. The van der Waals surface area contributed by atoms with E-state index in [4.69, 9.17) is 25.2 Å². The number of rotatable bonds is 10. The fourth-order valence-corrected chi connectivity index (χ4v) is 4.75. The van der Waals surface area contributed by atoms with Crippen molar-refractivity contribution in [3.05, 3.63) is 52.8 Å². The third kappa shape index (κ3) is 6.37. The lowest BCUT2D eigenvalue weighted by atomic mass is 10.1. The van der Waals surface area contributed by atoms with Gasteiger partial charge in [0.15, 0.2) is 21.3 Å². The van der Waals surface area contributed by atoms with Gasteiger partial charge in [-0.1, -0.05) is 11.6 Å². The Morgan fingerprint density at radius 2 is 1.95 bits per heavy atom. The number of carbonyl (C=O) groups excluding carboxylic acids is 2. The third-order valence-electron chi connectivity index (χ3n) is 5.87. The van der Waals surface area contributed by atoms with Crippen LogP contribution in [0.25, 0.3) is 0 Å². The smallest absolute Gasteiger partial charge is 0.273 e. The number of hydrogen-bond donors (Lipinski definition) is 2. The molecule has 1 aliphatic rings. The van der Waals surface area contributed by atoms with Crippen molar-refractivity contribution in [1.82, 2.24) is 20.5 Å². The molecule has 0 radical (unpaired) electrons. The van der Waals surface area contributed by atoms with Gasteiger partial charge in [-0.25, -0.2) is 13.4 Å². The quantitative estimate of drug-likeness (QED) is 0.367. The molecule has 12 nitrogen and oxygen atoms in total. The molecule has 206 valence electrons. The third-order valence-corrected chi connectivity index (χ3v) is 7.19. The van der Waals surface area contributed by atoms with Gasteiger partial charge in [0.2, 0.25) is 5.91 Å². The summed E-state index contributed by atoms with van der Waals surface area (Å²) in [5.41, 5.74) is -0.0183. The summed E-state index contributed by atoms with van der Waals surface area (Å²) in [5.74, 6) is -0.832.